The molecule has 2 unspecified atom stereocenters. The van der Waals surface area contributed by atoms with Crippen LogP contribution in [0.4, 0.5) is 13.2 Å². The maximum atomic E-state index is 12.8. The lowest BCUT2D eigenvalue weighted by molar-refractivity contribution is -0.137. The molecule has 0 heterocycles. The number of halogens is 3. The van der Waals surface area contributed by atoms with Gasteiger partial charge in [-0.1, -0.05) is 19.8 Å². The average molecular weight is 356 g/mol. The van der Waals surface area contributed by atoms with E-state index in [1.807, 2.05) is 0 Å². The maximum absolute atomic E-state index is 12.8. The molecule has 2 atom stereocenters. The minimum absolute atomic E-state index is 0.0973. The molecule has 140 valence electrons. The van der Waals surface area contributed by atoms with Crippen LogP contribution in [-0.2, 0) is 6.18 Å². The molecule has 3 nitrogen and oxygen atoms in total. The van der Waals surface area contributed by atoms with Gasteiger partial charge in [0.05, 0.1) is 5.56 Å². The van der Waals surface area contributed by atoms with Crippen molar-refractivity contribution in [1.29, 1.82) is 0 Å². The van der Waals surface area contributed by atoms with E-state index < -0.39 is 11.7 Å². The fourth-order valence-corrected chi connectivity index (χ4v) is 3.73. The fourth-order valence-electron chi connectivity index (χ4n) is 3.73. The highest BCUT2D eigenvalue weighted by Crippen LogP contribution is 2.30. The Bertz CT molecular complexity index is 571. The van der Waals surface area contributed by atoms with E-state index in [9.17, 15) is 18.0 Å². The predicted octanol–water partition coefficient (Wildman–Crippen LogP) is 4.43. The van der Waals surface area contributed by atoms with Gasteiger partial charge in [0, 0.05) is 24.7 Å². The van der Waals surface area contributed by atoms with Crippen molar-refractivity contribution in [2.45, 2.75) is 57.3 Å². The lowest BCUT2D eigenvalue weighted by atomic mass is 9.88. The minimum Gasteiger partial charge on any atom is -0.337 e. The summed E-state index contributed by atoms with van der Waals surface area (Å²) in [5.74, 6) is -0.212. The van der Waals surface area contributed by atoms with Crippen LogP contribution in [0.25, 0.3) is 0 Å². The summed E-state index contributed by atoms with van der Waals surface area (Å²) in [6, 6.07) is 4.90. The van der Waals surface area contributed by atoms with E-state index in [1.54, 1.807) is 11.9 Å². The molecule has 1 aliphatic rings. The largest absolute Gasteiger partial charge is 0.416 e. The third kappa shape index (κ3) is 4.75. The summed E-state index contributed by atoms with van der Waals surface area (Å²) in [7, 11) is 3.85. The van der Waals surface area contributed by atoms with Gasteiger partial charge in [-0.05, 0) is 57.1 Å². The molecule has 1 aromatic carbocycles. The van der Waals surface area contributed by atoms with E-state index in [-0.39, 0.29) is 11.9 Å². The highest BCUT2D eigenvalue weighted by atomic mass is 19.4. The van der Waals surface area contributed by atoms with Crippen molar-refractivity contribution >= 4 is 5.91 Å². The van der Waals surface area contributed by atoms with Crippen LogP contribution < -0.4 is 0 Å². The highest BCUT2D eigenvalue weighted by Gasteiger charge is 2.34. The van der Waals surface area contributed by atoms with Gasteiger partial charge in [0.1, 0.15) is 0 Å². The van der Waals surface area contributed by atoms with Crippen molar-refractivity contribution in [3.8, 4) is 0 Å². The molecule has 1 amide bonds. The molecule has 1 aliphatic carbocycles. The number of carbonyl (C=O) groups excluding carboxylic acids is 1. The van der Waals surface area contributed by atoms with Gasteiger partial charge in [-0.2, -0.15) is 13.2 Å². The van der Waals surface area contributed by atoms with Gasteiger partial charge in [-0.25, -0.2) is 0 Å². The van der Waals surface area contributed by atoms with E-state index >= 15 is 0 Å². The average Bonchev–Trinajstić information content (AvgIpc) is 2.60. The number of alkyl halides is 3. The highest BCUT2D eigenvalue weighted by molar-refractivity contribution is 5.94. The van der Waals surface area contributed by atoms with E-state index in [2.05, 4.69) is 18.9 Å². The van der Waals surface area contributed by atoms with Crippen LogP contribution in [0.3, 0.4) is 0 Å². The van der Waals surface area contributed by atoms with Crippen molar-refractivity contribution in [2.24, 2.45) is 0 Å². The molecule has 25 heavy (non-hydrogen) atoms. The molecule has 2 rings (SSSR count). The molecule has 0 spiro atoms. The van der Waals surface area contributed by atoms with Crippen LogP contribution in [0, 0.1) is 0 Å². The first-order valence-electron chi connectivity index (χ1n) is 8.90. The Hall–Kier alpha value is -1.56. The second-order valence-electron chi connectivity index (χ2n) is 6.89. The van der Waals surface area contributed by atoms with Crippen LogP contribution in [0.2, 0.25) is 0 Å². The Morgan fingerprint density at radius 2 is 1.64 bits per heavy atom. The smallest absolute Gasteiger partial charge is 0.337 e. The molecule has 0 bridgehead atoms. The summed E-state index contributed by atoms with van der Waals surface area (Å²) in [5, 5.41) is 0. The van der Waals surface area contributed by atoms with Crippen molar-refractivity contribution in [3.63, 3.8) is 0 Å². The Balaban J connectivity index is 2.14. The van der Waals surface area contributed by atoms with Gasteiger partial charge in [-0.3, -0.25) is 4.79 Å². The Morgan fingerprint density at radius 1 is 1.08 bits per heavy atom. The molecule has 1 saturated carbocycles. The van der Waals surface area contributed by atoms with Crippen molar-refractivity contribution in [1.82, 2.24) is 9.80 Å². The van der Waals surface area contributed by atoms with Gasteiger partial charge in [0.25, 0.3) is 5.91 Å². The summed E-state index contributed by atoms with van der Waals surface area (Å²) < 4.78 is 38.0. The molecule has 6 heteroatoms. The van der Waals surface area contributed by atoms with Gasteiger partial charge in [0.15, 0.2) is 0 Å². The fraction of sp³-hybridized carbons (Fsp3) is 0.632. The SMILES string of the molecule is CCCN(C)C1CCCCC1N(C)C(=O)c1ccc(C(F)(F)F)cc1. The summed E-state index contributed by atoms with van der Waals surface area (Å²) >= 11 is 0. The zero-order valence-corrected chi connectivity index (χ0v) is 15.1. The Labute approximate surface area is 147 Å². The molecular formula is C19H27F3N2O. The lowest BCUT2D eigenvalue weighted by Crippen LogP contribution is -2.52. The zero-order valence-electron chi connectivity index (χ0n) is 15.1. The number of carbonyl (C=O) groups is 1. The van der Waals surface area contributed by atoms with Gasteiger partial charge in [-0.15, -0.1) is 0 Å². The molecule has 1 aromatic rings. The van der Waals surface area contributed by atoms with Gasteiger partial charge < -0.3 is 9.80 Å². The number of nitrogens with zero attached hydrogens (tertiary/aromatic N) is 2. The molecule has 0 saturated heterocycles. The third-order valence-electron chi connectivity index (χ3n) is 5.11. The molecule has 1 fully saturated rings. The Kier molecular flexibility index (Phi) is 6.49. The first kappa shape index (κ1) is 19.8. The topological polar surface area (TPSA) is 23.6 Å². The standard InChI is InChI=1S/C19H27F3N2O/c1-4-13-23(2)16-7-5-6-8-17(16)24(3)18(25)14-9-11-15(12-10-14)19(20,21)22/h9-12,16-17H,4-8,13H2,1-3H3. The van der Waals surface area contributed by atoms with Crippen LogP contribution in [0.5, 0.6) is 0 Å². The number of rotatable bonds is 5. The summed E-state index contributed by atoms with van der Waals surface area (Å²) in [5.41, 5.74) is -0.428. The lowest BCUT2D eigenvalue weighted by Gasteiger charge is -2.42. The minimum atomic E-state index is -4.38. The Morgan fingerprint density at radius 3 is 2.16 bits per heavy atom. The molecule has 0 aliphatic heterocycles. The number of amides is 1. The summed E-state index contributed by atoms with van der Waals surface area (Å²) in [6.07, 6.45) is 0.873. The molecule has 0 aromatic heterocycles. The van der Waals surface area contributed by atoms with Gasteiger partial charge in [0.2, 0.25) is 0 Å². The van der Waals surface area contributed by atoms with E-state index in [0.717, 1.165) is 50.8 Å². The second-order valence-corrected chi connectivity index (χ2v) is 6.89. The first-order valence-corrected chi connectivity index (χ1v) is 8.90. The molecule has 0 N–H and O–H groups in total. The molecular weight excluding hydrogens is 329 g/mol. The predicted molar refractivity (Wildman–Crippen MR) is 92.5 cm³/mol. The van der Waals surface area contributed by atoms with E-state index in [0.29, 0.717) is 11.6 Å². The number of benzene rings is 1. The van der Waals surface area contributed by atoms with Crippen LogP contribution in [-0.4, -0.2) is 48.4 Å². The molecule has 0 radical (unpaired) electrons. The number of likely N-dealkylation sites (N-methyl/N-ethyl adjacent to an activating group) is 2. The van der Waals surface area contributed by atoms with E-state index in [4.69, 9.17) is 0 Å². The van der Waals surface area contributed by atoms with Gasteiger partial charge >= 0.3 is 6.18 Å². The third-order valence-corrected chi connectivity index (χ3v) is 5.11. The maximum Gasteiger partial charge on any atom is 0.416 e. The number of hydrogen-bond acceptors (Lipinski definition) is 2. The summed E-state index contributed by atoms with van der Waals surface area (Å²) in [4.78, 5) is 16.8. The first-order chi connectivity index (χ1) is 11.8. The van der Waals surface area contributed by atoms with Crippen molar-refractivity contribution < 1.29 is 18.0 Å². The van der Waals surface area contributed by atoms with Crippen LogP contribution in [0.1, 0.15) is 54.9 Å². The van der Waals surface area contributed by atoms with Crippen molar-refractivity contribution in [3.05, 3.63) is 35.4 Å². The van der Waals surface area contributed by atoms with Crippen LogP contribution >= 0.6 is 0 Å². The number of hydrogen-bond donors (Lipinski definition) is 0. The van der Waals surface area contributed by atoms with Crippen molar-refractivity contribution in [2.75, 3.05) is 20.6 Å². The summed E-state index contributed by atoms with van der Waals surface area (Å²) in [6.45, 7) is 3.11. The quantitative estimate of drug-likeness (QED) is 0.779. The van der Waals surface area contributed by atoms with E-state index in [1.165, 1.54) is 12.1 Å². The monoisotopic (exact) mass is 356 g/mol. The second kappa shape index (κ2) is 8.21. The normalized spacial score (nSPS) is 21.4. The van der Waals surface area contributed by atoms with Crippen LogP contribution in [0.15, 0.2) is 24.3 Å². The zero-order chi connectivity index (χ0) is 18.6.